The van der Waals surface area contributed by atoms with Crippen LogP contribution in [0.5, 0.6) is 0 Å². The number of nitrogens with one attached hydrogen (secondary N) is 4. The summed E-state index contributed by atoms with van der Waals surface area (Å²) in [6.07, 6.45) is 1.18. The van der Waals surface area contributed by atoms with Gasteiger partial charge in [0.25, 0.3) is 0 Å². The molecule has 3 rings (SSSR count). The molecule has 0 bridgehead atoms. The van der Waals surface area contributed by atoms with Crippen molar-refractivity contribution in [3.05, 3.63) is 48.7 Å². The summed E-state index contributed by atoms with van der Waals surface area (Å²) in [5.41, 5.74) is 3.23. The van der Waals surface area contributed by atoms with Crippen LogP contribution in [0.4, 0.5) is 21.0 Å². The third kappa shape index (κ3) is 9.07. The fourth-order valence-corrected chi connectivity index (χ4v) is 5.03. The Balaban J connectivity index is 1.82. The summed E-state index contributed by atoms with van der Waals surface area (Å²) in [7, 11) is 0. The van der Waals surface area contributed by atoms with Gasteiger partial charge >= 0.3 is 12.1 Å². The number of benzene rings is 2. The minimum atomic E-state index is -0.484. The highest BCUT2D eigenvalue weighted by molar-refractivity contribution is 7.97. The van der Waals surface area contributed by atoms with Gasteiger partial charge in [0.15, 0.2) is 0 Å². The van der Waals surface area contributed by atoms with Crippen molar-refractivity contribution < 1.29 is 14.3 Å². The zero-order valence-corrected chi connectivity index (χ0v) is 23.9. The van der Waals surface area contributed by atoms with Gasteiger partial charge in [-0.2, -0.15) is 0 Å². The molecule has 0 spiro atoms. The number of urea groups is 1. The average molecular weight is 542 g/mol. The number of amides is 3. The van der Waals surface area contributed by atoms with Crippen LogP contribution in [0.3, 0.4) is 0 Å². The number of thiazole rings is 1. The first kappa shape index (κ1) is 28.5. The molecule has 2 aromatic carbocycles. The molecule has 3 aromatic rings. The van der Waals surface area contributed by atoms with E-state index >= 15 is 0 Å². The first-order valence-electron chi connectivity index (χ1n) is 12.1. The molecule has 1 aromatic heterocycles. The van der Waals surface area contributed by atoms with E-state index in [-0.39, 0.29) is 23.7 Å². The first-order valence-corrected chi connectivity index (χ1v) is 13.7. The molecule has 37 heavy (non-hydrogen) atoms. The van der Waals surface area contributed by atoms with Crippen molar-refractivity contribution in [1.82, 2.24) is 15.0 Å². The number of hydrogen-bond donors (Lipinski definition) is 4. The zero-order chi connectivity index (χ0) is 27.2. The summed E-state index contributed by atoms with van der Waals surface area (Å²) >= 11 is 3.09. The van der Waals surface area contributed by atoms with E-state index in [0.717, 1.165) is 25.9 Å². The summed E-state index contributed by atoms with van der Waals surface area (Å²) in [6.45, 7) is 13.7. The van der Waals surface area contributed by atoms with Gasteiger partial charge in [0, 0.05) is 45.2 Å². The number of nitrogens with zero attached hydrogens (tertiary/aromatic N) is 1. The smallest absolute Gasteiger partial charge is 0.411 e. The molecule has 0 aliphatic carbocycles. The lowest BCUT2D eigenvalue weighted by Gasteiger charge is -2.21. The van der Waals surface area contributed by atoms with E-state index in [0.29, 0.717) is 11.4 Å². The lowest BCUT2D eigenvalue weighted by molar-refractivity contribution is 0.130. The Labute approximate surface area is 227 Å². The van der Waals surface area contributed by atoms with Crippen LogP contribution < -0.4 is 20.7 Å². The van der Waals surface area contributed by atoms with Crippen LogP contribution in [0.25, 0.3) is 21.0 Å². The fourth-order valence-electron chi connectivity index (χ4n) is 3.12. The molecule has 0 unspecified atom stereocenters. The lowest BCUT2D eigenvalue weighted by atomic mass is 10.1. The quantitative estimate of drug-likeness (QED) is 0.222. The standard InChI is InChI=1S/C27H35N5O3S2/c1-16(2)29-25(33)30-19-10-8-18(9-11-19)24-28-15-23(36-24)21-13-12-20(31-26(34)35-17(3)4)14-22(21)37-32-27(5,6)7/h8-17,32H,1-7H3,(H,31,34)(H2,29,30,33). The molecular weight excluding hydrogens is 506 g/mol. The number of aromatic nitrogens is 1. The molecular formula is C27H35N5O3S2. The third-order valence-corrected chi connectivity index (χ3v) is 6.97. The molecule has 0 saturated carbocycles. The van der Waals surface area contributed by atoms with E-state index in [1.54, 1.807) is 11.3 Å². The van der Waals surface area contributed by atoms with Crippen LogP contribution in [-0.2, 0) is 4.74 Å². The average Bonchev–Trinajstić information content (AvgIpc) is 3.26. The summed E-state index contributed by atoms with van der Waals surface area (Å²) in [4.78, 5) is 30.7. The Morgan fingerprint density at radius 1 is 0.973 bits per heavy atom. The number of hydrogen-bond acceptors (Lipinski definition) is 7. The van der Waals surface area contributed by atoms with Crippen LogP contribution in [0.15, 0.2) is 53.6 Å². The Morgan fingerprint density at radius 2 is 1.65 bits per heavy atom. The molecule has 10 heteroatoms. The lowest BCUT2D eigenvalue weighted by Crippen LogP contribution is -2.34. The molecule has 0 aliphatic heterocycles. The summed E-state index contributed by atoms with van der Waals surface area (Å²) in [6, 6.07) is 13.2. The molecule has 1 heterocycles. The predicted octanol–water partition coefficient (Wildman–Crippen LogP) is 7.36. The van der Waals surface area contributed by atoms with Crippen LogP contribution in [0, 0.1) is 0 Å². The maximum atomic E-state index is 12.1. The summed E-state index contributed by atoms with van der Waals surface area (Å²) in [5.74, 6) is 0. The number of carbonyl (C=O) groups excluding carboxylic acids is 2. The van der Waals surface area contributed by atoms with Gasteiger partial charge in [0.1, 0.15) is 5.01 Å². The third-order valence-electron chi connectivity index (χ3n) is 4.62. The molecule has 8 nitrogen and oxygen atoms in total. The van der Waals surface area contributed by atoms with Crippen molar-refractivity contribution in [2.45, 2.75) is 71.0 Å². The Bertz CT molecular complexity index is 1220. The molecule has 4 N–H and O–H groups in total. The van der Waals surface area contributed by atoms with Crippen molar-refractivity contribution in [3.63, 3.8) is 0 Å². The zero-order valence-electron chi connectivity index (χ0n) is 22.3. The fraction of sp³-hybridized carbons (Fsp3) is 0.370. The summed E-state index contributed by atoms with van der Waals surface area (Å²) in [5, 5.41) is 9.31. The van der Waals surface area contributed by atoms with Crippen molar-refractivity contribution >= 4 is 46.8 Å². The Hall–Kier alpha value is -3.08. The highest BCUT2D eigenvalue weighted by atomic mass is 32.2. The second kappa shape index (κ2) is 12.4. The molecule has 0 aliphatic rings. The van der Waals surface area contributed by atoms with Crippen LogP contribution in [0.1, 0.15) is 48.5 Å². The van der Waals surface area contributed by atoms with Crippen LogP contribution >= 0.6 is 23.3 Å². The number of ether oxygens (including phenoxy) is 1. The van der Waals surface area contributed by atoms with Gasteiger partial charge in [-0.15, -0.1) is 11.3 Å². The van der Waals surface area contributed by atoms with Gasteiger partial charge in [0.05, 0.1) is 11.0 Å². The predicted molar refractivity (Wildman–Crippen MR) is 154 cm³/mol. The molecule has 0 atom stereocenters. The second-order valence-corrected chi connectivity index (χ2v) is 12.0. The highest BCUT2D eigenvalue weighted by Crippen LogP contribution is 2.38. The number of rotatable bonds is 8. The molecule has 3 amide bonds. The van der Waals surface area contributed by atoms with E-state index in [1.807, 2.05) is 76.4 Å². The van der Waals surface area contributed by atoms with E-state index < -0.39 is 6.09 Å². The van der Waals surface area contributed by atoms with E-state index in [9.17, 15) is 9.59 Å². The van der Waals surface area contributed by atoms with Gasteiger partial charge in [-0.25, -0.2) is 14.6 Å². The van der Waals surface area contributed by atoms with Crippen LogP contribution in [-0.4, -0.2) is 34.8 Å². The minimum absolute atomic E-state index is 0.0633. The largest absolute Gasteiger partial charge is 0.447 e. The van der Waals surface area contributed by atoms with Crippen molar-refractivity contribution in [1.29, 1.82) is 0 Å². The minimum Gasteiger partial charge on any atom is -0.447 e. The van der Waals surface area contributed by atoms with Gasteiger partial charge in [0.2, 0.25) is 0 Å². The Kier molecular flexibility index (Phi) is 9.58. The van der Waals surface area contributed by atoms with Crippen LogP contribution in [0.2, 0.25) is 0 Å². The summed E-state index contributed by atoms with van der Waals surface area (Å²) < 4.78 is 8.66. The van der Waals surface area contributed by atoms with Crippen molar-refractivity contribution in [2.75, 3.05) is 10.6 Å². The van der Waals surface area contributed by atoms with E-state index in [1.165, 1.54) is 11.9 Å². The molecule has 0 fully saturated rings. The first-order chi connectivity index (χ1) is 17.4. The van der Waals surface area contributed by atoms with Gasteiger partial charge in [-0.3, -0.25) is 10.0 Å². The molecule has 0 radical (unpaired) electrons. The van der Waals surface area contributed by atoms with Gasteiger partial charge in [-0.05, 0) is 96.8 Å². The monoisotopic (exact) mass is 541 g/mol. The SMILES string of the molecule is CC(C)NC(=O)Nc1ccc(-c2ncc(-c3ccc(NC(=O)OC(C)C)cc3SNC(C)(C)C)s2)cc1. The number of anilines is 2. The van der Waals surface area contributed by atoms with Gasteiger partial charge in [-0.1, -0.05) is 6.07 Å². The molecule has 0 saturated heterocycles. The second-order valence-electron chi connectivity index (χ2n) is 10.1. The Morgan fingerprint density at radius 3 is 2.27 bits per heavy atom. The number of carbonyl (C=O) groups is 2. The highest BCUT2D eigenvalue weighted by Gasteiger charge is 2.16. The maximum Gasteiger partial charge on any atom is 0.411 e. The normalized spacial score (nSPS) is 11.5. The van der Waals surface area contributed by atoms with Crippen molar-refractivity contribution in [3.8, 4) is 21.0 Å². The van der Waals surface area contributed by atoms with E-state index in [4.69, 9.17) is 4.74 Å². The van der Waals surface area contributed by atoms with E-state index in [2.05, 4.69) is 46.4 Å². The maximum absolute atomic E-state index is 12.1. The van der Waals surface area contributed by atoms with Gasteiger partial charge < -0.3 is 15.4 Å². The topological polar surface area (TPSA) is 104 Å². The molecule has 198 valence electrons. The van der Waals surface area contributed by atoms with Crippen molar-refractivity contribution in [2.24, 2.45) is 0 Å².